The van der Waals surface area contributed by atoms with E-state index in [2.05, 4.69) is 19.2 Å². The molecule has 1 aromatic rings. The second-order valence-corrected chi connectivity index (χ2v) is 5.59. The van der Waals surface area contributed by atoms with Gasteiger partial charge in [-0.05, 0) is 43.0 Å². The minimum Gasteiger partial charge on any atom is -0.399 e. The molecule has 1 amide bonds. The number of primary amides is 1. The highest BCUT2D eigenvalue weighted by atomic mass is 32.2. The maximum Gasteiger partial charge on any atom is 0.250 e. The van der Waals surface area contributed by atoms with Crippen molar-refractivity contribution in [2.75, 3.05) is 22.6 Å². The Bertz CT molecular complexity index is 409. The molecule has 18 heavy (non-hydrogen) atoms. The zero-order chi connectivity index (χ0) is 13.5. The topological polar surface area (TPSA) is 81.1 Å². The molecule has 0 saturated carbocycles. The van der Waals surface area contributed by atoms with Gasteiger partial charge in [-0.2, -0.15) is 11.8 Å². The van der Waals surface area contributed by atoms with E-state index in [0.717, 1.165) is 23.6 Å². The van der Waals surface area contributed by atoms with E-state index in [-0.39, 0.29) is 6.04 Å². The van der Waals surface area contributed by atoms with E-state index in [1.54, 1.807) is 18.2 Å². The van der Waals surface area contributed by atoms with Crippen molar-refractivity contribution in [1.29, 1.82) is 0 Å². The molecule has 1 aromatic carbocycles. The highest BCUT2D eigenvalue weighted by molar-refractivity contribution is 7.99. The van der Waals surface area contributed by atoms with Crippen molar-refractivity contribution in [2.45, 2.75) is 26.3 Å². The van der Waals surface area contributed by atoms with Crippen molar-refractivity contribution in [1.82, 2.24) is 0 Å². The monoisotopic (exact) mass is 267 g/mol. The molecule has 0 fully saturated rings. The summed E-state index contributed by atoms with van der Waals surface area (Å²) in [7, 11) is 0. The van der Waals surface area contributed by atoms with Gasteiger partial charge < -0.3 is 16.8 Å². The number of anilines is 2. The number of carbonyl (C=O) groups is 1. The largest absolute Gasteiger partial charge is 0.399 e. The first kappa shape index (κ1) is 14.7. The molecule has 0 bridgehead atoms. The molecule has 0 aliphatic heterocycles. The van der Waals surface area contributed by atoms with Gasteiger partial charge >= 0.3 is 0 Å². The highest BCUT2D eigenvalue weighted by Crippen LogP contribution is 2.20. The van der Waals surface area contributed by atoms with Gasteiger partial charge in [0.2, 0.25) is 0 Å². The van der Waals surface area contributed by atoms with Crippen molar-refractivity contribution in [3.63, 3.8) is 0 Å². The number of nitrogen functional groups attached to an aromatic ring is 1. The number of benzene rings is 1. The van der Waals surface area contributed by atoms with E-state index in [1.807, 2.05) is 11.8 Å². The highest BCUT2D eigenvalue weighted by Gasteiger charge is 2.10. The number of rotatable bonds is 7. The van der Waals surface area contributed by atoms with Crippen LogP contribution in [0.4, 0.5) is 11.4 Å². The van der Waals surface area contributed by atoms with Gasteiger partial charge in [0.15, 0.2) is 0 Å². The molecule has 5 heteroatoms. The summed E-state index contributed by atoms with van der Waals surface area (Å²) in [5.41, 5.74) is 12.9. The van der Waals surface area contributed by atoms with Crippen molar-refractivity contribution in [2.24, 2.45) is 5.73 Å². The molecular formula is C13H21N3OS. The summed E-state index contributed by atoms with van der Waals surface area (Å²) in [5, 5.41) is 3.30. The normalized spacial score (nSPS) is 12.1. The van der Waals surface area contributed by atoms with Gasteiger partial charge in [0.1, 0.15) is 0 Å². The predicted molar refractivity (Wildman–Crippen MR) is 80.1 cm³/mol. The van der Waals surface area contributed by atoms with Crippen LogP contribution in [0, 0.1) is 0 Å². The molecule has 100 valence electrons. The average molecular weight is 267 g/mol. The van der Waals surface area contributed by atoms with Gasteiger partial charge in [0.25, 0.3) is 5.91 Å². The Balaban J connectivity index is 2.70. The third kappa shape index (κ3) is 4.49. The van der Waals surface area contributed by atoms with Crippen molar-refractivity contribution >= 4 is 29.0 Å². The Morgan fingerprint density at radius 3 is 2.83 bits per heavy atom. The van der Waals surface area contributed by atoms with E-state index in [1.165, 1.54) is 0 Å². The number of hydrogen-bond acceptors (Lipinski definition) is 4. The van der Waals surface area contributed by atoms with Crippen LogP contribution in [0.5, 0.6) is 0 Å². The number of nitrogens with two attached hydrogens (primary N) is 2. The minimum atomic E-state index is -0.437. The lowest BCUT2D eigenvalue weighted by Crippen LogP contribution is -2.20. The molecule has 1 unspecified atom stereocenters. The van der Waals surface area contributed by atoms with Crippen LogP contribution >= 0.6 is 11.8 Å². The quantitative estimate of drug-likeness (QED) is 0.523. The Labute approximate surface area is 113 Å². The number of amides is 1. The maximum atomic E-state index is 11.3. The second-order valence-electron chi connectivity index (χ2n) is 4.20. The molecule has 5 N–H and O–H groups in total. The third-order valence-electron chi connectivity index (χ3n) is 2.61. The van der Waals surface area contributed by atoms with Crippen LogP contribution in [0.25, 0.3) is 0 Å². The van der Waals surface area contributed by atoms with E-state index in [0.29, 0.717) is 11.3 Å². The summed E-state index contributed by atoms with van der Waals surface area (Å²) in [5.74, 6) is 1.78. The fraction of sp³-hybridized carbons (Fsp3) is 0.462. The van der Waals surface area contributed by atoms with Crippen LogP contribution in [-0.2, 0) is 0 Å². The summed E-state index contributed by atoms with van der Waals surface area (Å²) >= 11 is 1.90. The van der Waals surface area contributed by atoms with E-state index in [9.17, 15) is 4.79 Å². The van der Waals surface area contributed by atoms with Gasteiger partial charge in [-0.1, -0.05) is 6.92 Å². The first-order valence-corrected chi connectivity index (χ1v) is 7.23. The molecule has 0 saturated heterocycles. The molecule has 0 aliphatic carbocycles. The Morgan fingerprint density at radius 2 is 2.22 bits per heavy atom. The lowest BCUT2D eigenvalue weighted by Gasteiger charge is -2.17. The number of hydrogen-bond donors (Lipinski definition) is 3. The van der Waals surface area contributed by atoms with Crippen LogP contribution in [0.2, 0.25) is 0 Å². The standard InChI is InChI=1S/C13H21N3OS/c1-3-18-7-6-9(2)16-12-8-10(14)4-5-11(12)13(15)17/h4-5,8-9,16H,3,6-7,14H2,1-2H3,(H2,15,17). The Kier molecular flexibility index (Phi) is 5.85. The first-order valence-electron chi connectivity index (χ1n) is 6.08. The lowest BCUT2D eigenvalue weighted by molar-refractivity contribution is 0.100. The van der Waals surface area contributed by atoms with Crippen molar-refractivity contribution in [3.8, 4) is 0 Å². The summed E-state index contributed by atoms with van der Waals surface area (Å²) in [6.07, 6.45) is 1.03. The lowest BCUT2D eigenvalue weighted by atomic mass is 10.1. The fourth-order valence-corrected chi connectivity index (χ4v) is 2.45. The van der Waals surface area contributed by atoms with E-state index < -0.39 is 5.91 Å². The van der Waals surface area contributed by atoms with Crippen LogP contribution in [0.15, 0.2) is 18.2 Å². The first-order chi connectivity index (χ1) is 8.54. The molecule has 0 aliphatic rings. The molecule has 0 radical (unpaired) electrons. The van der Waals surface area contributed by atoms with Crippen LogP contribution in [0.3, 0.4) is 0 Å². The number of carbonyl (C=O) groups excluding carboxylic acids is 1. The molecule has 0 spiro atoms. The Hall–Kier alpha value is -1.36. The SMILES string of the molecule is CCSCCC(C)Nc1cc(N)ccc1C(N)=O. The van der Waals surface area contributed by atoms with E-state index >= 15 is 0 Å². The van der Waals surface area contributed by atoms with Crippen LogP contribution < -0.4 is 16.8 Å². The van der Waals surface area contributed by atoms with Gasteiger partial charge in [-0.25, -0.2) is 0 Å². The number of nitrogens with one attached hydrogen (secondary N) is 1. The molecule has 1 rings (SSSR count). The zero-order valence-corrected chi connectivity index (χ0v) is 11.7. The van der Waals surface area contributed by atoms with Gasteiger partial charge in [-0.15, -0.1) is 0 Å². The summed E-state index contributed by atoms with van der Waals surface area (Å²) in [6, 6.07) is 5.38. The zero-order valence-electron chi connectivity index (χ0n) is 10.9. The Morgan fingerprint density at radius 1 is 1.50 bits per heavy atom. The maximum absolute atomic E-state index is 11.3. The summed E-state index contributed by atoms with van der Waals surface area (Å²) in [6.45, 7) is 4.23. The fourth-order valence-electron chi connectivity index (χ4n) is 1.64. The van der Waals surface area contributed by atoms with Crippen LogP contribution in [-0.4, -0.2) is 23.5 Å². The molecule has 0 heterocycles. The summed E-state index contributed by atoms with van der Waals surface area (Å²) < 4.78 is 0. The van der Waals surface area contributed by atoms with Gasteiger partial charge in [0, 0.05) is 17.4 Å². The molecule has 4 nitrogen and oxygen atoms in total. The van der Waals surface area contributed by atoms with E-state index in [4.69, 9.17) is 11.5 Å². The average Bonchev–Trinajstić information content (AvgIpc) is 2.29. The molecular weight excluding hydrogens is 246 g/mol. The second kappa shape index (κ2) is 7.16. The third-order valence-corrected chi connectivity index (χ3v) is 3.54. The smallest absolute Gasteiger partial charge is 0.250 e. The van der Waals surface area contributed by atoms with Crippen molar-refractivity contribution in [3.05, 3.63) is 23.8 Å². The van der Waals surface area contributed by atoms with Gasteiger partial charge in [0.05, 0.1) is 5.56 Å². The molecule has 0 aromatic heterocycles. The van der Waals surface area contributed by atoms with Gasteiger partial charge in [-0.3, -0.25) is 4.79 Å². The minimum absolute atomic E-state index is 0.281. The predicted octanol–water partition coefficient (Wildman–Crippen LogP) is 2.31. The molecule has 1 atom stereocenters. The van der Waals surface area contributed by atoms with Crippen molar-refractivity contribution < 1.29 is 4.79 Å². The number of thioether (sulfide) groups is 1. The summed E-state index contributed by atoms with van der Waals surface area (Å²) in [4.78, 5) is 11.3. The van der Waals surface area contributed by atoms with Crippen LogP contribution in [0.1, 0.15) is 30.6 Å².